The van der Waals surface area contributed by atoms with Gasteiger partial charge in [0.15, 0.2) is 0 Å². The number of hydrogen-bond donors (Lipinski definition) is 2. The Morgan fingerprint density at radius 1 is 1.38 bits per heavy atom. The number of amides is 1. The number of nitrogens with zero attached hydrogens (tertiary/aromatic N) is 1. The van der Waals surface area contributed by atoms with Crippen molar-refractivity contribution in [2.45, 2.75) is 42.6 Å². The number of nitriles is 1. The van der Waals surface area contributed by atoms with Gasteiger partial charge in [0, 0.05) is 11.8 Å². The van der Waals surface area contributed by atoms with Crippen molar-refractivity contribution < 1.29 is 4.79 Å². The van der Waals surface area contributed by atoms with Gasteiger partial charge in [-0.25, -0.2) is 0 Å². The molecule has 0 aromatic carbocycles. The molecule has 2 N–H and O–H groups in total. The summed E-state index contributed by atoms with van der Waals surface area (Å²) in [4.78, 5) is 12.5. The molecule has 114 valence electrons. The largest absolute Gasteiger partial charge is 0.352 e. The number of carbonyl (C=O) groups excluding carboxylic acids is 1. The predicted octanol–water partition coefficient (Wildman–Crippen LogP) is 3.74. The van der Waals surface area contributed by atoms with Gasteiger partial charge in [0.1, 0.15) is 17.2 Å². The molecule has 0 fully saturated rings. The molecular weight excluding hydrogens is 353 g/mol. The van der Waals surface area contributed by atoms with Crippen molar-refractivity contribution in [1.82, 2.24) is 5.32 Å². The van der Waals surface area contributed by atoms with Crippen molar-refractivity contribution in [3.63, 3.8) is 0 Å². The van der Waals surface area contributed by atoms with E-state index < -0.39 is 9.96 Å². The van der Waals surface area contributed by atoms with Crippen LogP contribution < -0.4 is 10.6 Å². The number of carbonyl (C=O) groups is 1. The SMILES string of the molecule is CC(=O)NC(Nc1sc2c(c1C#N)CCCC2)C(Cl)(Cl)Cl. The number of alkyl halides is 3. The van der Waals surface area contributed by atoms with Crippen molar-refractivity contribution >= 4 is 57.0 Å². The van der Waals surface area contributed by atoms with Gasteiger partial charge in [-0.2, -0.15) is 5.26 Å². The van der Waals surface area contributed by atoms with E-state index in [1.54, 1.807) is 0 Å². The lowest BCUT2D eigenvalue weighted by molar-refractivity contribution is -0.119. The lowest BCUT2D eigenvalue weighted by atomic mass is 9.96. The van der Waals surface area contributed by atoms with Gasteiger partial charge in [-0.1, -0.05) is 34.8 Å². The Hall–Kier alpha value is -0.670. The molecule has 21 heavy (non-hydrogen) atoms. The van der Waals surface area contributed by atoms with E-state index in [1.807, 2.05) is 0 Å². The smallest absolute Gasteiger partial charge is 0.228 e. The van der Waals surface area contributed by atoms with Gasteiger partial charge in [0.25, 0.3) is 0 Å². The van der Waals surface area contributed by atoms with E-state index in [4.69, 9.17) is 34.8 Å². The summed E-state index contributed by atoms with van der Waals surface area (Å²) in [7, 11) is 0. The molecule has 0 radical (unpaired) electrons. The zero-order valence-corrected chi connectivity index (χ0v) is 14.4. The van der Waals surface area contributed by atoms with E-state index in [9.17, 15) is 10.1 Å². The second-order valence-electron chi connectivity index (χ2n) is 4.85. The average molecular weight is 367 g/mol. The predicted molar refractivity (Wildman–Crippen MR) is 87.2 cm³/mol. The second kappa shape index (κ2) is 6.62. The number of thiophene rings is 1. The van der Waals surface area contributed by atoms with E-state index in [0.717, 1.165) is 31.2 Å². The van der Waals surface area contributed by atoms with E-state index in [-0.39, 0.29) is 5.91 Å². The summed E-state index contributed by atoms with van der Waals surface area (Å²) in [5.74, 6) is -0.321. The van der Waals surface area contributed by atoms with Crippen LogP contribution in [-0.4, -0.2) is 15.9 Å². The Balaban J connectivity index is 2.31. The Bertz CT molecular complexity index is 589. The first kappa shape index (κ1) is 16.7. The maximum absolute atomic E-state index is 11.3. The summed E-state index contributed by atoms with van der Waals surface area (Å²) in [5.41, 5.74) is 1.68. The molecule has 1 aromatic rings. The van der Waals surface area contributed by atoms with Crippen molar-refractivity contribution in [3.8, 4) is 6.07 Å². The molecule has 0 aliphatic heterocycles. The number of anilines is 1. The minimum Gasteiger partial charge on any atom is -0.352 e. The van der Waals surface area contributed by atoms with Crippen LogP contribution in [0, 0.1) is 11.3 Å². The third-order valence-corrected chi connectivity index (χ3v) is 5.11. The Labute approximate surface area is 142 Å². The number of rotatable bonds is 3. The first-order valence-corrected chi connectivity index (χ1v) is 8.43. The van der Waals surface area contributed by atoms with Crippen LogP contribution in [0.2, 0.25) is 0 Å². The van der Waals surface area contributed by atoms with Crippen LogP contribution in [0.4, 0.5) is 5.00 Å². The summed E-state index contributed by atoms with van der Waals surface area (Å²) in [6.07, 6.45) is 3.17. The fraction of sp³-hybridized carbons (Fsp3) is 0.538. The summed E-state index contributed by atoms with van der Waals surface area (Å²) < 4.78 is -1.72. The van der Waals surface area contributed by atoms with Gasteiger partial charge in [0.05, 0.1) is 5.56 Å². The normalized spacial score (nSPS) is 15.8. The molecule has 2 rings (SSSR count). The Kier molecular flexibility index (Phi) is 5.26. The third kappa shape index (κ3) is 3.95. The number of aryl methyl sites for hydroxylation is 1. The Morgan fingerprint density at radius 2 is 2.05 bits per heavy atom. The quantitative estimate of drug-likeness (QED) is 0.632. The zero-order valence-electron chi connectivity index (χ0n) is 11.3. The molecule has 1 heterocycles. The molecule has 1 aliphatic carbocycles. The molecule has 1 aliphatic rings. The van der Waals surface area contributed by atoms with E-state index >= 15 is 0 Å². The van der Waals surface area contributed by atoms with Gasteiger partial charge >= 0.3 is 0 Å². The number of fused-ring (bicyclic) bond motifs is 1. The van der Waals surface area contributed by atoms with E-state index in [0.29, 0.717) is 10.6 Å². The van der Waals surface area contributed by atoms with Crippen molar-refractivity contribution in [2.24, 2.45) is 0 Å². The van der Waals surface area contributed by atoms with Crippen molar-refractivity contribution in [1.29, 1.82) is 5.26 Å². The van der Waals surface area contributed by atoms with Crippen molar-refractivity contribution in [2.75, 3.05) is 5.32 Å². The number of nitrogens with one attached hydrogen (secondary N) is 2. The summed E-state index contributed by atoms with van der Waals surface area (Å²) in [6.45, 7) is 1.34. The van der Waals surface area contributed by atoms with Crippen LogP contribution in [0.1, 0.15) is 35.8 Å². The highest BCUT2D eigenvalue weighted by Crippen LogP contribution is 2.39. The number of halogens is 3. The number of hydrogen-bond acceptors (Lipinski definition) is 4. The van der Waals surface area contributed by atoms with Crippen LogP contribution in [0.3, 0.4) is 0 Å². The summed E-state index contributed by atoms with van der Waals surface area (Å²) in [5, 5.41) is 15.6. The third-order valence-electron chi connectivity index (χ3n) is 3.23. The molecule has 1 amide bonds. The molecule has 4 nitrogen and oxygen atoms in total. The highest BCUT2D eigenvalue weighted by molar-refractivity contribution is 7.16. The maximum Gasteiger partial charge on any atom is 0.228 e. The highest BCUT2D eigenvalue weighted by Gasteiger charge is 2.35. The zero-order chi connectivity index (χ0) is 15.6. The minimum atomic E-state index is -1.72. The molecule has 1 unspecified atom stereocenters. The first-order valence-electron chi connectivity index (χ1n) is 6.48. The topological polar surface area (TPSA) is 64.9 Å². The van der Waals surface area contributed by atoms with Crippen LogP contribution in [-0.2, 0) is 17.6 Å². The Morgan fingerprint density at radius 3 is 2.62 bits per heavy atom. The highest BCUT2D eigenvalue weighted by atomic mass is 35.6. The van der Waals surface area contributed by atoms with Crippen LogP contribution in [0.25, 0.3) is 0 Å². The second-order valence-corrected chi connectivity index (χ2v) is 8.32. The standard InChI is InChI=1S/C13H14Cl3N3OS/c1-7(20)18-12(13(14,15)16)19-11-9(6-17)8-4-2-3-5-10(8)21-11/h12,19H,2-5H2,1H3,(H,18,20). The van der Waals surface area contributed by atoms with Crippen LogP contribution in [0.5, 0.6) is 0 Å². The fourth-order valence-electron chi connectivity index (χ4n) is 2.32. The van der Waals surface area contributed by atoms with Gasteiger partial charge < -0.3 is 10.6 Å². The monoisotopic (exact) mass is 365 g/mol. The lowest BCUT2D eigenvalue weighted by Crippen LogP contribution is -2.48. The molecule has 0 saturated heterocycles. The molecule has 0 spiro atoms. The molecule has 1 atom stereocenters. The average Bonchev–Trinajstić information content (AvgIpc) is 2.73. The summed E-state index contributed by atoms with van der Waals surface area (Å²) >= 11 is 19.2. The molecule has 1 aromatic heterocycles. The van der Waals surface area contributed by atoms with Gasteiger partial charge in [-0.15, -0.1) is 11.3 Å². The molecule has 0 saturated carbocycles. The first-order chi connectivity index (χ1) is 9.82. The van der Waals surface area contributed by atoms with Crippen LogP contribution in [0.15, 0.2) is 0 Å². The summed E-state index contributed by atoms with van der Waals surface area (Å²) in [6, 6.07) is 2.22. The van der Waals surface area contributed by atoms with Crippen molar-refractivity contribution in [3.05, 3.63) is 16.0 Å². The maximum atomic E-state index is 11.3. The molecule has 8 heteroatoms. The fourth-order valence-corrected chi connectivity index (χ4v) is 3.92. The lowest BCUT2D eigenvalue weighted by Gasteiger charge is -2.26. The van der Waals surface area contributed by atoms with Gasteiger partial charge in [-0.05, 0) is 31.2 Å². The van der Waals surface area contributed by atoms with Gasteiger partial charge in [-0.3, -0.25) is 4.79 Å². The molecular formula is C13H14Cl3N3OS. The molecule has 0 bridgehead atoms. The van der Waals surface area contributed by atoms with E-state index in [1.165, 1.54) is 23.1 Å². The van der Waals surface area contributed by atoms with E-state index in [2.05, 4.69) is 16.7 Å². The van der Waals surface area contributed by atoms with Crippen LogP contribution >= 0.6 is 46.1 Å². The van der Waals surface area contributed by atoms with Gasteiger partial charge in [0.2, 0.25) is 9.70 Å². The minimum absolute atomic E-state index is 0.321.